The fourth-order valence-corrected chi connectivity index (χ4v) is 1.64. The van der Waals surface area contributed by atoms with E-state index in [9.17, 15) is 31.4 Å². The van der Waals surface area contributed by atoms with Crippen molar-refractivity contribution in [1.82, 2.24) is 0 Å². The third-order valence-corrected chi connectivity index (χ3v) is 2.68. The molecule has 0 aliphatic rings. The summed E-state index contributed by atoms with van der Waals surface area (Å²) in [5.41, 5.74) is -2.11. The zero-order chi connectivity index (χ0) is 16.5. The molecular formula is C14H8F6O2. The monoisotopic (exact) mass is 322 g/mol. The van der Waals surface area contributed by atoms with Crippen LogP contribution in [0, 0.1) is 0 Å². The largest absolute Gasteiger partial charge is 0.504 e. The van der Waals surface area contributed by atoms with Crippen molar-refractivity contribution >= 4 is 0 Å². The number of hydrogen-bond acceptors (Lipinski definition) is 2. The van der Waals surface area contributed by atoms with Crippen LogP contribution in [0.3, 0.4) is 0 Å². The maximum absolute atomic E-state index is 12.6. The molecule has 8 heteroatoms. The lowest BCUT2D eigenvalue weighted by molar-refractivity contribution is -0.138. The van der Waals surface area contributed by atoms with E-state index in [1.54, 1.807) is 0 Å². The summed E-state index contributed by atoms with van der Waals surface area (Å²) in [5.74, 6) is -1.55. The Labute approximate surface area is 120 Å². The molecule has 118 valence electrons. The number of rotatable bonds is 2. The molecule has 22 heavy (non-hydrogen) atoms. The molecule has 0 radical (unpaired) electrons. The molecule has 1 N–H and O–H groups in total. The first kappa shape index (κ1) is 16.0. The van der Waals surface area contributed by atoms with Crippen LogP contribution in [0.2, 0.25) is 0 Å². The molecule has 0 aliphatic carbocycles. The molecule has 0 aliphatic heterocycles. The third-order valence-electron chi connectivity index (χ3n) is 2.68. The number of hydrogen-bond donors (Lipinski definition) is 1. The van der Waals surface area contributed by atoms with Crippen LogP contribution in [-0.2, 0) is 12.4 Å². The molecule has 0 saturated carbocycles. The second-order valence-electron chi connectivity index (χ2n) is 4.31. The van der Waals surface area contributed by atoms with Gasteiger partial charge >= 0.3 is 12.4 Å². The number of phenols is 1. The highest BCUT2D eigenvalue weighted by atomic mass is 19.4. The van der Waals surface area contributed by atoms with Gasteiger partial charge in [-0.15, -0.1) is 0 Å². The van der Waals surface area contributed by atoms with Crippen LogP contribution in [0.15, 0.2) is 42.5 Å². The molecule has 0 spiro atoms. The van der Waals surface area contributed by atoms with E-state index in [2.05, 4.69) is 0 Å². The van der Waals surface area contributed by atoms with Crippen molar-refractivity contribution in [3.05, 3.63) is 53.6 Å². The van der Waals surface area contributed by atoms with Gasteiger partial charge in [-0.2, -0.15) is 26.3 Å². The predicted octanol–water partition coefficient (Wildman–Crippen LogP) is 5.22. The molecule has 2 aromatic carbocycles. The van der Waals surface area contributed by atoms with Crippen LogP contribution in [-0.4, -0.2) is 5.11 Å². The Bertz CT molecular complexity index is 676. The third kappa shape index (κ3) is 3.63. The van der Waals surface area contributed by atoms with Crippen LogP contribution in [0.4, 0.5) is 26.3 Å². The van der Waals surface area contributed by atoms with Gasteiger partial charge in [0.05, 0.1) is 11.1 Å². The smallest absolute Gasteiger partial charge is 0.416 e. The van der Waals surface area contributed by atoms with Crippen LogP contribution < -0.4 is 4.74 Å². The van der Waals surface area contributed by atoms with Crippen molar-refractivity contribution in [2.45, 2.75) is 12.4 Å². The summed E-state index contributed by atoms with van der Waals surface area (Å²) < 4.78 is 80.3. The molecule has 0 unspecified atom stereocenters. The SMILES string of the molecule is Oc1ccc(C(F)(F)F)cc1Oc1cccc(C(F)(F)F)c1. The van der Waals surface area contributed by atoms with E-state index in [-0.39, 0.29) is 5.75 Å². The van der Waals surface area contributed by atoms with Gasteiger partial charge in [-0.1, -0.05) is 6.07 Å². The molecule has 0 bridgehead atoms. The summed E-state index contributed by atoms with van der Waals surface area (Å²) in [6.07, 6.45) is -9.28. The van der Waals surface area contributed by atoms with E-state index in [4.69, 9.17) is 4.74 Å². The molecule has 0 amide bonds. The highest BCUT2D eigenvalue weighted by Crippen LogP contribution is 2.38. The Hall–Kier alpha value is -2.38. The lowest BCUT2D eigenvalue weighted by atomic mass is 10.2. The second-order valence-corrected chi connectivity index (χ2v) is 4.31. The number of phenolic OH excluding ortho intramolecular Hbond substituents is 1. The molecular weight excluding hydrogens is 314 g/mol. The number of ether oxygens (including phenoxy) is 1. The molecule has 2 nitrogen and oxygen atoms in total. The van der Waals surface area contributed by atoms with E-state index in [1.165, 1.54) is 0 Å². The molecule has 0 aromatic heterocycles. The van der Waals surface area contributed by atoms with Crippen molar-refractivity contribution in [2.24, 2.45) is 0 Å². The van der Waals surface area contributed by atoms with Crippen LogP contribution in [0.5, 0.6) is 17.2 Å². The number of halogens is 6. The van der Waals surface area contributed by atoms with E-state index in [1.807, 2.05) is 0 Å². The lowest BCUT2D eigenvalue weighted by Crippen LogP contribution is -2.05. The molecule has 2 aromatic rings. The number of alkyl halides is 6. The zero-order valence-corrected chi connectivity index (χ0v) is 10.7. The average Bonchev–Trinajstić information content (AvgIpc) is 2.39. The average molecular weight is 322 g/mol. The normalized spacial score (nSPS) is 12.3. The summed E-state index contributed by atoms with van der Waals surface area (Å²) in [4.78, 5) is 0. The van der Waals surface area contributed by atoms with Gasteiger partial charge in [-0.3, -0.25) is 0 Å². The van der Waals surface area contributed by atoms with Crippen LogP contribution >= 0.6 is 0 Å². The first-order valence-electron chi connectivity index (χ1n) is 5.83. The molecule has 2 rings (SSSR count). The summed E-state index contributed by atoms with van der Waals surface area (Å²) in [6, 6.07) is 5.49. The van der Waals surface area contributed by atoms with E-state index in [0.717, 1.165) is 24.3 Å². The predicted molar refractivity (Wildman–Crippen MR) is 64.6 cm³/mol. The lowest BCUT2D eigenvalue weighted by Gasteiger charge is -2.13. The Morgan fingerprint density at radius 3 is 1.95 bits per heavy atom. The summed E-state index contributed by atoms with van der Waals surface area (Å²) >= 11 is 0. The Balaban J connectivity index is 2.35. The minimum atomic E-state index is -4.67. The van der Waals surface area contributed by atoms with Gasteiger partial charge in [0.1, 0.15) is 5.75 Å². The second kappa shape index (κ2) is 5.43. The van der Waals surface area contributed by atoms with Crippen molar-refractivity contribution in [3.63, 3.8) is 0 Å². The quantitative estimate of drug-likeness (QED) is 0.768. The fraction of sp³-hybridized carbons (Fsp3) is 0.143. The number of benzene rings is 2. The van der Waals surface area contributed by atoms with Gasteiger partial charge < -0.3 is 9.84 Å². The highest BCUT2D eigenvalue weighted by molar-refractivity contribution is 5.45. The van der Waals surface area contributed by atoms with E-state index < -0.39 is 35.0 Å². The molecule has 0 saturated heterocycles. The topological polar surface area (TPSA) is 29.5 Å². The maximum Gasteiger partial charge on any atom is 0.416 e. The summed E-state index contributed by atoms with van der Waals surface area (Å²) in [7, 11) is 0. The van der Waals surface area contributed by atoms with Gasteiger partial charge in [-0.25, -0.2) is 0 Å². The highest BCUT2D eigenvalue weighted by Gasteiger charge is 2.32. The standard InChI is InChI=1S/C14H8F6O2/c15-13(16,17)8-2-1-3-10(6-8)22-12-7-9(14(18,19)20)4-5-11(12)21/h1-7,21H. The van der Waals surface area contributed by atoms with Gasteiger partial charge in [0, 0.05) is 0 Å². The van der Waals surface area contributed by atoms with Gasteiger partial charge in [0.2, 0.25) is 0 Å². The number of aromatic hydroxyl groups is 1. The summed E-state index contributed by atoms with van der Waals surface area (Å²) in [6.45, 7) is 0. The van der Waals surface area contributed by atoms with Crippen LogP contribution in [0.25, 0.3) is 0 Å². The van der Waals surface area contributed by atoms with Gasteiger partial charge in [-0.05, 0) is 36.4 Å². The first-order chi connectivity index (χ1) is 10.1. The Morgan fingerprint density at radius 1 is 0.773 bits per heavy atom. The minimum absolute atomic E-state index is 0.343. The summed E-state index contributed by atoms with van der Waals surface area (Å²) in [5, 5.41) is 9.48. The van der Waals surface area contributed by atoms with Crippen molar-refractivity contribution in [2.75, 3.05) is 0 Å². The molecule has 0 fully saturated rings. The van der Waals surface area contributed by atoms with E-state index >= 15 is 0 Å². The zero-order valence-electron chi connectivity index (χ0n) is 10.7. The molecule has 0 heterocycles. The van der Waals surface area contributed by atoms with Gasteiger partial charge in [0.25, 0.3) is 0 Å². The first-order valence-corrected chi connectivity index (χ1v) is 5.83. The molecule has 0 atom stereocenters. The minimum Gasteiger partial charge on any atom is -0.504 e. The van der Waals surface area contributed by atoms with E-state index in [0.29, 0.717) is 18.2 Å². The maximum atomic E-state index is 12.6. The fourth-order valence-electron chi connectivity index (χ4n) is 1.64. The van der Waals surface area contributed by atoms with Crippen LogP contribution in [0.1, 0.15) is 11.1 Å². The van der Waals surface area contributed by atoms with Gasteiger partial charge in [0.15, 0.2) is 11.5 Å². The Kier molecular flexibility index (Phi) is 3.95. The Morgan fingerprint density at radius 2 is 1.36 bits per heavy atom. The van der Waals surface area contributed by atoms with Crippen molar-refractivity contribution < 1.29 is 36.2 Å². The van der Waals surface area contributed by atoms with Crippen molar-refractivity contribution in [3.8, 4) is 17.2 Å². The van der Waals surface area contributed by atoms with Crippen molar-refractivity contribution in [1.29, 1.82) is 0 Å².